The molecule has 4 heteroatoms. The largest absolute Gasteiger partial charge is 0.497 e. The van der Waals surface area contributed by atoms with Crippen molar-refractivity contribution in [1.82, 2.24) is 10.2 Å². The minimum Gasteiger partial charge on any atom is -0.497 e. The quantitative estimate of drug-likeness (QED) is 0.892. The van der Waals surface area contributed by atoms with Gasteiger partial charge in [-0.2, -0.15) is 0 Å². The Morgan fingerprint density at radius 3 is 2.04 bits per heavy atom. The number of carbonyl (C=O) groups excluding carboxylic acids is 1. The number of nitrogens with one attached hydrogen (secondary N) is 1. The third-order valence-corrected chi connectivity index (χ3v) is 3.82. The second kappa shape index (κ2) is 7.79. The summed E-state index contributed by atoms with van der Waals surface area (Å²) >= 11 is 0. The summed E-state index contributed by atoms with van der Waals surface area (Å²) in [7, 11) is 5.18. The lowest BCUT2D eigenvalue weighted by molar-refractivity contribution is -0.127. The molecular weight excluding hydrogens is 288 g/mol. The van der Waals surface area contributed by atoms with E-state index in [4.69, 9.17) is 4.74 Å². The first kappa shape index (κ1) is 17.0. The molecule has 1 atom stereocenters. The van der Waals surface area contributed by atoms with Crippen LogP contribution in [-0.2, 0) is 4.79 Å². The van der Waals surface area contributed by atoms with Gasteiger partial charge in [0.1, 0.15) is 5.75 Å². The summed E-state index contributed by atoms with van der Waals surface area (Å²) in [5.74, 6) is 0.872. The summed E-state index contributed by atoms with van der Waals surface area (Å²) in [6.07, 6.45) is 0. The van der Waals surface area contributed by atoms with Gasteiger partial charge in [-0.1, -0.05) is 42.0 Å². The number of aryl methyl sites for hydroxylation is 1. The standard InChI is InChI=1S/C19H24N2O2/c1-14-5-7-15(8-6-14)19(20-13-18(22)21(2)3)16-9-11-17(23-4)12-10-16/h5-12,19-20H,13H2,1-4H3. The number of ether oxygens (including phenoxy) is 1. The van der Waals surface area contributed by atoms with E-state index >= 15 is 0 Å². The zero-order chi connectivity index (χ0) is 16.8. The second-order valence-corrected chi connectivity index (χ2v) is 5.79. The van der Waals surface area contributed by atoms with Gasteiger partial charge in [-0.3, -0.25) is 10.1 Å². The van der Waals surface area contributed by atoms with Crippen molar-refractivity contribution in [3.8, 4) is 5.75 Å². The number of rotatable bonds is 6. The van der Waals surface area contributed by atoms with E-state index < -0.39 is 0 Å². The van der Waals surface area contributed by atoms with Gasteiger partial charge >= 0.3 is 0 Å². The molecule has 2 rings (SSSR count). The van der Waals surface area contributed by atoms with Gasteiger partial charge in [0, 0.05) is 14.1 Å². The highest BCUT2D eigenvalue weighted by Gasteiger charge is 2.16. The molecule has 0 bridgehead atoms. The van der Waals surface area contributed by atoms with Gasteiger partial charge in [0.25, 0.3) is 0 Å². The average Bonchev–Trinajstić information content (AvgIpc) is 2.56. The van der Waals surface area contributed by atoms with Crippen molar-refractivity contribution in [2.75, 3.05) is 27.7 Å². The first-order valence-electron chi connectivity index (χ1n) is 7.65. The highest BCUT2D eigenvalue weighted by Crippen LogP contribution is 2.24. The molecule has 0 aliphatic carbocycles. The van der Waals surface area contributed by atoms with Crippen LogP contribution in [-0.4, -0.2) is 38.6 Å². The van der Waals surface area contributed by atoms with E-state index in [1.165, 1.54) is 5.56 Å². The van der Waals surface area contributed by atoms with E-state index in [0.717, 1.165) is 16.9 Å². The number of nitrogens with zero attached hydrogens (tertiary/aromatic N) is 1. The van der Waals surface area contributed by atoms with Crippen molar-refractivity contribution in [1.29, 1.82) is 0 Å². The lowest BCUT2D eigenvalue weighted by Gasteiger charge is -2.21. The summed E-state index contributed by atoms with van der Waals surface area (Å²) in [6, 6.07) is 16.2. The molecule has 0 fully saturated rings. The monoisotopic (exact) mass is 312 g/mol. The molecule has 0 spiro atoms. The molecule has 0 saturated carbocycles. The van der Waals surface area contributed by atoms with Crippen LogP contribution in [0.4, 0.5) is 0 Å². The maximum Gasteiger partial charge on any atom is 0.236 e. The number of amides is 1. The Morgan fingerprint density at radius 1 is 1.04 bits per heavy atom. The van der Waals surface area contributed by atoms with Gasteiger partial charge in [0.05, 0.1) is 19.7 Å². The maximum absolute atomic E-state index is 11.9. The predicted molar refractivity (Wildman–Crippen MR) is 92.7 cm³/mol. The van der Waals surface area contributed by atoms with E-state index in [2.05, 4.69) is 36.5 Å². The van der Waals surface area contributed by atoms with Crippen molar-refractivity contribution in [2.24, 2.45) is 0 Å². The Labute approximate surface area is 138 Å². The lowest BCUT2D eigenvalue weighted by atomic mass is 9.97. The van der Waals surface area contributed by atoms with Crippen molar-refractivity contribution in [3.05, 3.63) is 65.2 Å². The molecule has 0 heterocycles. The Hall–Kier alpha value is -2.33. The molecule has 4 nitrogen and oxygen atoms in total. The van der Waals surface area contributed by atoms with Gasteiger partial charge in [0.2, 0.25) is 5.91 Å². The van der Waals surface area contributed by atoms with Crippen molar-refractivity contribution < 1.29 is 9.53 Å². The van der Waals surface area contributed by atoms with E-state index in [-0.39, 0.29) is 18.5 Å². The molecular formula is C19H24N2O2. The van der Waals surface area contributed by atoms with Crippen molar-refractivity contribution in [2.45, 2.75) is 13.0 Å². The normalized spacial score (nSPS) is 11.8. The molecule has 2 aromatic rings. The second-order valence-electron chi connectivity index (χ2n) is 5.79. The fraction of sp³-hybridized carbons (Fsp3) is 0.316. The molecule has 0 saturated heterocycles. The average molecular weight is 312 g/mol. The van der Waals surface area contributed by atoms with Crippen LogP contribution in [0.1, 0.15) is 22.7 Å². The molecule has 0 aliphatic rings. The smallest absolute Gasteiger partial charge is 0.236 e. The van der Waals surface area contributed by atoms with Crippen molar-refractivity contribution in [3.63, 3.8) is 0 Å². The van der Waals surface area contributed by atoms with E-state index in [0.29, 0.717) is 0 Å². The zero-order valence-electron chi connectivity index (χ0n) is 14.2. The molecule has 0 radical (unpaired) electrons. The van der Waals surface area contributed by atoms with Gasteiger partial charge in [-0.15, -0.1) is 0 Å². The van der Waals surface area contributed by atoms with Crippen LogP contribution in [0.2, 0.25) is 0 Å². The maximum atomic E-state index is 11.9. The van der Waals surface area contributed by atoms with Crippen molar-refractivity contribution >= 4 is 5.91 Å². The number of hydrogen-bond acceptors (Lipinski definition) is 3. The van der Waals surface area contributed by atoms with Crippen LogP contribution in [0.5, 0.6) is 5.75 Å². The van der Waals surface area contributed by atoms with E-state index in [1.54, 1.807) is 26.1 Å². The molecule has 1 N–H and O–H groups in total. The Balaban J connectivity index is 2.26. The fourth-order valence-corrected chi connectivity index (χ4v) is 2.33. The Morgan fingerprint density at radius 2 is 1.57 bits per heavy atom. The molecule has 1 unspecified atom stereocenters. The van der Waals surface area contributed by atoms with Gasteiger partial charge in [-0.05, 0) is 30.2 Å². The topological polar surface area (TPSA) is 41.6 Å². The SMILES string of the molecule is COc1ccc(C(NCC(=O)N(C)C)c2ccc(C)cc2)cc1. The Bertz CT molecular complexity index is 633. The van der Waals surface area contributed by atoms with Crippen LogP contribution in [0, 0.1) is 6.92 Å². The number of methoxy groups -OCH3 is 1. The van der Waals surface area contributed by atoms with Gasteiger partial charge in [0.15, 0.2) is 0 Å². The third-order valence-electron chi connectivity index (χ3n) is 3.82. The van der Waals surface area contributed by atoms with Crippen LogP contribution < -0.4 is 10.1 Å². The van der Waals surface area contributed by atoms with E-state index in [9.17, 15) is 4.79 Å². The molecule has 2 aromatic carbocycles. The molecule has 0 aromatic heterocycles. The first-order chi connectivity index (χ1) is 11.0. The number of carbonyl (C=O) groups is 1. The van der Waals surface area contributed by atoms with Crippen LogP contribution >= 0.6 is 0 Å². The summed E-state index contributed by atoms with van der Waals surface area (Å²) < 4.78 is 5.22. The number of likely N-dealkylation sites (N-methyl/N-ethyl adjacent to an activating group) is 1. The predicted octanol–water partition coefficient (Wildman–Crippen LogP) is 2.77. The first-order valence-corrected chi connectivity index (χ1v) is 7.65. The van der Waals surface area contributed by atoms with Gasteiger partial charge in [-0.25, -0.2) is 0 Å². The minimum absolute atomic E-state index is 0.0367. The van der Waals surface area contributed by atoms with Gasteiger partial charge < -0.3 is 9.64 Å². The Kier molecular flexibility index (Phi) is 5.77. The van der Waals surface area contributed by atoms with Crippen LogP contribution in [0.25, 0.3) is 0 Å². The van der Waals surface area contributed by atoms with Crippen LogP contribution in [0.3, 0.4) is 0 Å². The summed E-state index contributed by atoms with van der Waals surface area (Å²) in [5.41, 5.74) is 3.44. The third kappa shape index (κ3) is 4.57. The summed E-state index contributed by atoms with van der Waals surface area (Å²) in [4.78, 5) is 13.5. The highest BCUT2D eigenvalue weighted by atomic mass is 16.5. The molecule has 122 valence electrons. The molecule has 1 amide bonds. The number of benzene rings is 2. The number of hydrogen-bond donors (Lipinski definition) is 1. The van der Waals surface area contributed by atoms with Crippen LogP contribution in [0.15, 0.2) is 48.5 Å². The molecule has 23 heavy (non-hydrogen) atoms. The highest BCUT2D eigenvalue weighted by molar-refractivity contribution is 5.77. The lowest BCUT2D eigenvalue weighted by Crippen LogP contribution is -2.35. The summed E-state index contributed by atoms with van der Waals surface area (Å²) in [5, 5.41) is 3.36. The summed E-state index contributed by atoms with van der Waals surface area (Å²) in [6.45, 7) is 2.35. The van der Waals surface area contributed by atoms with E-state index in [1.807, 2.05) is 24.3 Å². The fourth-order valence-electron chi connectivity index (χ4n) is 2.33. The molecule has 0 aliphatic heterocycles. The minimum atomic E-state index is -0.0367. The zero-order valence-corrected chi connectivity index (χ0v) is 14.2.